The highest BCUT2D eigenvalue weighted by Crippen LogP contribution is 2.33. The monoisotopic (exact) mass is 295 g/mol. The zero-order chi connectivity index (χ0) is 15.6. The van der Waals surface area contributed by atoms with Crippen molar-refractivity contribution in [2.45, 2.75) is 64.6 Å². The van der Waals surface area contributed by atoms with Crippen molar-refractivity contribution < 1.29 is 4.92 Å². The fourth-order valence-electron chi connectivity index (χ4n) is 2.99. The zero-order valence-corrected chi connectivity index (χ0v) is 13.2. The number of nitrogens with zero attached hydrogens (tertiary/aromatic N) is 3. The summed E-state index contributed by atoms with van der Waals surface area (Å²) >= 11 is 0. The molecular formula is C14H25N5O2. The maximum atomic E-state index is 11.3. The Kier molecular flexibility index (Phi) is 4.82. The molecule has 118 valence electrons. The minimum absolute atomic E-state index is 0.0912. The largest absolute Gasteiger partial charge is 0.362 e. The van der Waals surface area contributed by atoms with E-state index in [1.807, 2.05) is 20.9 Å². The van der Waals surface area contributed by atoms with Gasteiger partial charge in [0.25, 0.3) is 0 Å². The molecule has 0 radical (unpaired) electrons. The van der Waals surface area contributed by atoms with E-state index in [4.69, 9.17) is 0 Å². The summed E-state index contributed by atoms with van der Waals surface area (Å²) in [6.45, 7) is 5.67. The molecule has 0 aliphatic heterocycles. The summed E-state index contributed by atoms with van der Waals surface area (Å²) in [5.41, 5.74) is 0.583. The SMILES string of the molecule is CNC1CCC(Nc2c([N+](=O)[O-])c(C)nn2C(C)C)CC1. The van der Waals surface area contributed by atoms with Crippen molar-refractivity contribution >= 4 is 11.5 Å². The van der Waals surface area contributed by atoms with Gasteiger partial charge >= 0.3 is 5.69 Å². The molecule has 0 aromatic carbocycles. The number of nitrogens with one attached hydrogen (secondary N) is 2. The minimum atomic E-state index is -0.331. The lowest BCUT2D eigenvalue weighted by atomic mass is 9.91. The number of aryl methyl sites for hydroxylation is 1. The molecule has 1 aromatic rings. The third-order valence-electron chi connectivity index (χ3n) is 4.20. The van der Waals surface area contributed by atoms with Crippen LogP contribution in [0.2, 0.25) is 0 Å². The maximum Gasteiger partial charge on any atom is 0.333 e. The first-order valence-electron chi connectivity index (χ1n) is 7.61. The average Bonchev–Trinajstić information content (AvgIpc) is 2.76. The standard InChI is InChI=1S/C14H25N5O2/c1-9(2)18-14(13(19(20)21)10(3)17-18)16-12-7-5-11(15-4)6-8-12/h9,11-12,15-16H,5-8H2,1-4H3. The minimum Gasteiger partial charge on any atom is -0.362 e. The highest BCUT2D eigenvalue weighted by Gasteiger charge is 2.29. The molecule has 2 N–H and O–H groups in total. The number of anilines is 1. The fourth-order valence-corrected chi connectivity index (χ4v) is 2.99. The molecule has 1 aliphatic rings. The molecule has 1 heterocycles. The molecule has 0 bridgehead atoms. The lowest BCUT2D eigenvalue weighted by molar-refractivity contribution is -0.384. The molecular weight excluding hydrogens is 270 g/mol. The number of hydrogen-bond donors (Lipinski definition) is 2. The van der Waals surface area contributed by atoms with Crippen LogP contribution in [0.3, 0.4) is 0 Å². The summed E-state index contributed by atoms with van der Waals surface area (Å²) in [5, 5.41) is 22.3. The third-order valence-corrected chi connectivity index (χ3v) is 4.20. The van der Waals surface area contributed by atoms with Crippen LogP contribution in [-0.2, 0) is 0 Å². The van der Waals surface area contributed by atoms with Crippen molar-refractivity contribution in [3.05, 3.63) is 15.8 Å². The summed E-state index contributed by atoms with van der Waals surface area (Å²) in [5.74, 6) is 0.556. The highest BCUT2D eigenvalue weighted by atomic mass is 16.6. The fraction of sp³-hybridized carbons (Fsp3) is 0.786. The molecule has 0 saturated heterocycles. The van der Waals surface area contributed by atoms with Gasteiger partial charge in [0.15, 0.2) is 0 Å². The van der Waals surface area contributed by atoms with Crippen LogP contribution in [0.4, 0.5) is 11.5 Å². The molecule has 1 aromatic heterocycles. The van der Waals surface area contributed by atoms with Crippen LogP contribution in [0.25, 0.3) is 0 Å². The van der Waals surface area contributed by atoms with Crippen molar-refractivity contribution in [2.75, 3.05) is 12.4 Å². The van der Waals surface area contributed by atoms with Gasteiger partial charge in [0.2, 0.25) is 5.82 Å². The van der Waals surface area contributed by atoms with E-state index in [0.717, 1.165) is 25.7 Å². The Morgan fingerprint density at radius 1 is 1.29 bits per heavy atom. The normalized spacial score (nSPS) is 22.5. The number of nitro groups is 1. The Morgan fingerprint density at radius 2 is 1.86 bits per heavy atom. The van der Waals surface area contributed by atoms with Gasteiger partial charge in [-0.3, -0.25) is 10.1 Å². The summed E-state index contributed by atoms with van der Waals surface area (Å²) in [4.78, 5) is 11.0. The molecule has 1 aliphatic carbocycles. The van der Waals surface area contributed by atoms with E-state index in [0.29, 0.717) is 17.6 Å². The van der Waals surface area contributed by atoms with Crippen LogP contribution in [0.5, 0.6) is 0 Å². The highest BCUT2D eigenvalue weighted by molar-refractivity contribution is 5.60. The van der Waals surface area contributed by atoms with Crippen LogP contribution in [-0.4, -0.2) is 33.8 Å². The molecule has 7 heteroatoms. The van der Waals surface area contributed by atoms with E-state index in [-0.39, 0.29) is 22.7 Å². The van der Waals surface area contributed by atoms with Gasteiger partial charge in [-0.15, -0.1) is 0 Å². The summed E-state index contributed by atoms with van der Waals surface area (Å²) in [6, 6.07) is 0.935. The Morgan fingerprint density at radius 3 is 2.33 bits per heavy atom. The van der Waals surface area contributed by atoms with E-state index in [1.54, 1.807) is 11.6 Å². The molecule has 0 amide bonds. The number of hydrogen-bond acceptors (Lipinski definition) is 5. The van der Waals surface area contributed by atoms with Gasteiger partial charge < -0.3 is 10.6 Å². The summed E-state index contributed by atoms with van der Waals surface area (Å²) < 4.78 is 1.73. The second kappa shape index (κ2) is 6.43. The third kappa shape index (κ3) is 3.34. The molecule has 1 fully saturated rings. The molecule has 7 nitrogen and oxygen atoms in total. The lowest BCUT2D eigenvalue weighted by Gasteiger charge is -2.29. The van der Waals surface area contributed by atoms with Crippen molar-refractivity contribution in [1.82, 2.24) is 15.1 Å². The predicted molar refractivity (Wildman–Crippen MR) is 82.7 cm³/mol. The molecule has 0 atom stereocenters. The van der Waals surface area contributed by atoms with Gasteiger partial charge in [-0.05, 0) is 53.5 Å². The zero-order valence-electron chi connectivity index (χ0n) is 13.2. The van der Waals surface area contributed by atoms with Crippen LogP contribution >= 0.6 is 0 Å². The van der Waals surface area contributed by atoms with Gasteiger partial charge in [0.1, 0.15) is 5.69 Å². The van der Waals surface area contributed by atoms with Crippen LogP contribution in [0.15, 0.2) is 0 Å². The van der Waals surface area contributed by atoms with Crippen LogP contribution < -0.4 is 10.6 Å². The molecule has 21 heavy (non-hydrogen) atoms. The number of rotatable bonds is 5. The van der Waals surface area contributed by atoms with E-state index < -0.39 is 0 Å². The Hall–Kier alpha value is -1.63. The van der Waals surface area contributed by atoms with E-state index >= 15 is 0 Å². The van der Waals surface area contributed by atoms with Crippen molar-refractivity contribution in [3.8, 4) is 0 Å². The Balaban J connectivity index is 2.20. The molecule has 0 unspecified atom stereocenters. The van der Waals surface area contributed by atoms with Gasteiger partial charge in [-0.1, -0.05) is 0 Å². The van der Waals surface area contributed by atoms with Crippen LogP contribution in [0, 0.1) is 17.0 Å². The van der Waals surface area contributed by atoms with E-state index in [9.17, 15) is 10.1 Å². The van der Waals surface area contributed by atoms with Gasteiger partial charge in [-0.25, -0.2) is 4.68 Å². The van der Waals surface area contributed by atoms with Crippen molar-refractivity contribution in [1.29, 1.82) is 0 Å². The first kappa shape index (κ1) is 15.8. The smallest absolute Gasteiger partial charge is 0.333 e. The quantitative estimate of drug-likeness (QED) is 0.644. The second-order valence-electron chi connectivity index (χ2n) is 6.06. The van der Waals surface area contributed by atoms with Crippen molar-refractivity contribution in [2.24, 2.45) is 0 Å². The van der Waals surface area contributed by atoms with E-state index in [1.165, 1.54) is 0 Å². The topological polar surface area (TPSA) is 85.0 Å². The molecule has 2 rings (SSSR count). The molecule has 0 spiro atoms. The van der Waals surface area contributed by atoms with Crippen molar-refractivity contribution in [3.63, 3.8) is 0 Å². The second-order valence-corrected chi connectivity index (χ2v) is 6.06. The Labute approximate surface area is 125 Å². The van der Waals surface area contributed by atoms with Gasteiger partial charge in [0.05, 0.1) is 4.92 Å². The predicted octanol–water partition coefficient (Wildman–Crippen LogP) is 2.62. The maximum absolute atomic E-state index is 11.3. The first-order chi connectivity index (χ1) is 9.93. The number of aromatic nitrogens is 2. The lowest BCUT2D eigenvalue weighted by Crippen LogP contribution is -2.35. The van der Waals surface area contributed by atoms with Gasteiger partial charge in [-0.2, -0.15) is 5.10 Å². The Bertz CT molecular complexity index is 504. The average molecular weight is 295 g/mol. The summed E-state index contributed by atoms with van der Waals surface area (Å²) in [6.07, 6.45) is 4.23. The van der Waals surface area contributed by atoms with Gasteiger partial charge in [0, 0.05) is 18.1 Å². The molecule has 1 saturated carbocycles. The van der Waals surface area contributed by atoms with E-state index in [2.05, 4.69) is 15.7 Å². The first-order valence-corrected chi connectivity index (χ1v) is 7.61. The van der Waals surface area contributed by atoms with Crippen LogP contribution in [0.1, 0.15) is 51.3 Å². The summed E-state index contributed by atoms with van der Waals surface area (Å²) in [7, 11) is 1.99.